The van der Waals surface area contributed by atoms with Gasteiger partial charge in [0.05, 0.1) is 28.9 Å². The minimum Gasteiger partial charge on any atom is -0.494 e. The molecule has 0 atom stereocenters. The molecule has 0 saturated heterocycles. The molecule has 11 heteroatoms. The second-order valence-corrected chi connectivity index (χ2v) is 10.4. The summed E-state index contributed by atoms with van der Waals surface area (Å²) in [7, 11) is 0. The van der Waals surface area contributed by atoms with Crippen molar-refractivity contribution < 1.29 is 23.8 Å². The maximum atomic E-state index is 12.1. The van der Waals surface area contributed by atoms with Crippen LogP contribution in [0.3, 0.4) is 0 Å². The molecule has 10 nitrogen and oxygen atoms in total. The van der Waals surface area contributed by atoms with E-state index in [1.807, 2.05) is 52.0 Å². The van der Waals surface area contributed by atoms with Gasteiger partial charge in [-0.2, -0.15) is 0 Å². The van der Waals surface area contributed by atoms with Crippen LogP contribution >= 0.6 is 11.3 Å². The van der Waals surface area contributed by atoms with Gasteiger partial charge in [0, 0.05) is 24.2 Å². The third-order valence-corrected chi connectivity index (χ3v) is 6.31. The summed E-state index contributed by atoms with van der Waals surface area (Å²) in [6, 6.07) is 9.98. The van der Waals surface area contributed by atoms with Crippen LogP contribution in [-0.2, 0) is 16.1 Å². The maximum absolute atomic E-state index is 12.1. The van der Waals surface area contributed by atoms with E-state index in [1.54, 1.807) is 0 Å². The van der Waals surface area contributed by atoms with E-state index in [4.69, 9.17) is 24.0 Å². The number of benzene rings is 2. The van der Waals surface area contributed by atoms with Gasteiger partial charge in [0.1, 0.15) is 28.4 Å². The molecule has 196 valence electrons. The van der Waals surface area contributed by atoms with Gasteiger partial charge in [-0.05, 0) is 58.7 Å². The lowest BCUT2D eigenvalue weighted by atomic mass is 10.2. The summed E-state index contributed by atoms with van der Waals surface area (Å²) in [5.41, 5.74) is 7.25. The number of nitrogens with zero attached hydrogens (tertiary/aromatic N) is 3. The maximum Gasteiger partial charge on any atom is 0.413 e. The Morgan fingerprint density at radius 2 is 2.00 bits per heavy atom. The van der Waals surface area contributed by atoms with Crippen molar-refractivity contribution in [1.82, 2.24) is 14.5 Å². The third-order valence-electron chi connectivity index (χ3n) is 5.38. The zero-order valence-electron chi connectivity index (χ0n) is 21.4. The number of anilines is 1. The molecule has 0 spiro atoms. The number of imidazole rings is 1. The monoisotopic (exact) mass is 525 g/mol. The molecule has 0 bridgehead atoms. The molecular formula is C26H31N5O5S. The van der Waals surface area contributed by atoms with Crippen molar-refractivity contribution in [1.29, 1.82) is 0 Å². The molecule has 4 aromatic rings. The van der Waals surface area contributed by atoms with Crippen LogP contribution in [0.1, 0.15) is 40.5 Å². The number of nitrogens with one attached hydrogen (secondary N) is 1. The number of hydrogen-bond acceptors (Lipinski definition) is 8. The number of rotatable bonds is 4. The van der Waals surface area contributed by atoms with Crippen LogP contribution in [0.25, 0.3) is 32.6 Å². The summed E-state index contributed by atoms with van der Waals surface area (Å²) in [5.74, 6) is 2.45. The second kappa shape index (κ2) is 11.0. The molecule has 0 saturated carbocycles. The first-order valence-electron chi connectivity index (χ1n) is 12.1. The standard InChI is InChI=1S/C25H28N4O4S.CH3NO/c1-5-31-16-13-18-21-19(14-16)32-11-7-6-10-29(21)22(26-18)15-8-9-17-20(12-15)34-23(27-17)28-24(30)33-25(2,3)4;2-1-3/h8-9,12-14H,5-7,10-11H2,1-4H3,(H,27,28,30);1H,(H2,2,3). The Morgan fingerprint density at radius 1 is 1.22 bits per heavy atom. The van der Waals surface area contributed by atoms with Crippen molar-refractivity contribution in [3.8, 4) is 22.9 Å². The molecule has 2 amide bonds. The first-order chi connectivity index (χ1) is 17.7. The molecular weight excluding hydrogens is 494 g/mol. The highest BCUT2D eigenvalue weighted by Gasteiger charge is 2.21. The smallest absolute Gasteiger partial charge is 0.413 e. The van der Waals surface area contributed by atoms with Gasteiger partial charge in [-0.1, -0.05) is 11.3 Å². The summed E-state index contributed by atoms with van der Waals surface area (Å²) in [5, 5.41) is 3.24. The topological polar surface area (TPSA) is 131 Å². The predicted octanol–water partition coefficient (Wildman–Crippen LogP) is 5.33. The fourth-order valence-corrected chi connectivity index (χ4v) is 4.96. The molecule has 0 fully saturated rings. The molecule has 3 heterocycles. The van der Waals surface area contributed by atoms with Crippen LogP contribution in [0.5, 0.6) is 11.5 Å². The number of thiazole rings is 1. The van der Waals surface area contributed by atoms with E-state index in [0.717, 1.165) is 63.5 Å². The van der Waals surface area contributed by atoms with Crippen molar-refractivity contribution in [3.63, 3.8) is 0 Å². The lowest BCUT2D eigenvalue weighted by molar-refractivity contribution is -0.106. The summed E-state index contributed by atoms with van der Waals surface area (Å²) in [6.07, 6.45) is 1.73. The van der Waals surface area contributed by atoms with Crippen LogP contribution in [0, 0.1) is 0 Å². The molecule has 1 aliphatic rings. The lowest BCUT2D eigenvalue weighted by Gasteiger charge is -2.18. The fraction of sp³-hybridized carbons (Fsp3) is 0.385. The average Bonchev–Trinajstić information content (AvgIpc) is 3.36. The zero-order chi connectivity index (χ0) is 26.6. The average molecular weight is 526 g/mol. The second-order valence-electron chi connectivity index (χ2n) is 9.33. The lowest BCUT2D eigenvalue weighted by Crippen LogP contribution is -2.27. The molecule has 1 aliphatic heterocycles. The molecule has 3 N–H and O–H groups in total. The van der Waals surface area contributed by atoms with Crippen LogP contribution in [0.4, 0.5) is 9.93 Å². The van der Waals surface area contributed by atoms with Gasteiger partial charge >= 0.3 is 6.09 Å². The van der Waals surface area contributed by atoms with Gasteiger partial charge in [0.2, 0.25) is 6.41 Å². The third kappa shape index (κ3) is 6.11. The Morgan fingerprint density at radius 3 is 2.73 bits per heavy atom. The molecule has 2 aromatic carbocycles. The molecule has 0 unspecified atom stereocenters. The van der Waals surface area contributed by atoms with Gasteiger partial charge in [-0.15, -0.1) is 0 Å². The van der Waals surface area contributed by atoms with Crippen molar-refractivity contribution in [2.75, 3.05) is 18.5 Å². The number of primary amides is 1. The largest absolute Gasteiger partial charge is 0.494 e. The number of amides is 2. The number of aryl methyl sites for hydroxylation is 1. The van der Waals surface area contributed by atoms with E-state index in [0.29, 0.717) is 18.3 Å². The number of nitrogens with two attached hydrogens (primary N) is 1. The highest BCUT2D eigenvalue weighted by atomic mass is 32.1. The first-order valence-corrected chi connectivity index (χ1v) is 12.9. The molecule has 0 aliphatic carbocycles. The Hall–Kier alpha value is -3.86. The van der Waals surface area contributed by atoms with E-state index in [2.05, 4.69) is 26.7 Å². The number of fused-ring (bicyclic) bond motifs is 1. The highest BCUT2D eigenvalue weighted by molar-refractivity contribution is 7.22. The number of carbonyl (C=O) groups is 2. The van der Waals surface area contributed by atoms with Crippen LogP contribution in [0.2, 0.25) is 0 Å². The molecule has 5 rings (SSSR count). The number of carbonyl (C=O) groups excluding carboxylic acids is 2. The van der Waals surface area contributed by atoms with Crippen molar-refractivity contribution in [2.24, 2.45) is 5.73 Å². The van der Waals surface area contributed by atoms with Gasteiger partial charge in [0.25, 0.3) is 0 Å². The zero-order valence-corrected chi connectivity index (χ0v) is 22.2. The summed E-state index contributed by atoms with van der Waals surface area (Å²) >= 11 is 1.41. The van der Waals surface area contributed by atoms with Crippen molar-refractivity contribution in [2.45, 2.75) is 52.7 Å². The number of aromatic nitrogens is 3. The van der Waals surface area contributed by atoms with E-state index in [-0.39, 0.29) is 6.41 Å². The van der Waals surface area contributed by atoms with Gasteiger partial charge < -0.3 is 24.5 Å². The van der Waals surface area contributed by atoms with Crippen molar-refractivity contribution in [3.05, 3.63) is 30.3 Å². The quantitative estimate of drug-likeness (QED) is 0.344. The molecule has 2 aromatic heterocycles. The van der Waals surface area contributed by atoms with E-state index >= 15 is 0 Å². The Labute approximate surface area is 218 Å². The van der Waals surface area contributed by atoms with Crippen LogP contribution < -0.4 is 20.5 Å². The predicted molar refractivity (Wildman–Crippen MR) is 144 cm³/mol. The highest BCUT2D eigenvalue weighted by Crippen LogP contribution is 2.38. The minimum absolute atomic E-state index is 0.250. The first kappa shape index (κ1) is 26.2. The summed E-state index contributed by atoms with van der Waals surface area (Å²) in [6.45, 7) is 9.59. The van der Waals surface area contributed by atoms with Gasteiger partial charge in [-0.3, -0.25) is 10.1 Å². The molecule has 0 radical (unpaired) electrons. The van der Waals surface area contributed by atoms with Crippen LogP contribution in [0.15, 0.2) is 30.3 Å². The number of ether oxygens (including phenoxy) is 3. The fourth-order valence-electron chi connectivity index (χ4n) is 4.07. The van der Waals surface area contributed by atoms with E-state index in [1.165, 1.54) is 11.3 Å². The Kier molecular flexibility index (Phi) is 7.82. The SMILES string of the molecule is CCOc1cc2c3c(c1)nc(-c1ccc4nc(NC(=O)OC(C)(C)C)sc4c1)n3CCCCO2.NC=O. The van der Waals surface area contributed by atoms with Crippen molar-refractivity contribution >= 4 is 50.2 Å². The van der Waals surface area contributed by atoms with Gasteiger partial charge in [0.15, 0.2) is 5.13 Å². The number of hydrogen-bond donors (Lipinski definition) is 2. The van der Waals surface area contributed by atoms with Crippen LogP contribution in [-0.4, -0.2) is 45.9 Å². The van der Waals surface area contributed by atoms with Gasteiger partial charge in [-0.25, -0.2) is 14.8 Å². The Balaban J connectivity index is 0.00000102. The Bertz CT molecular complexity index is 1420. The molecule has 37 heavy (non-hydrogen) atoms. The van der Waals surface area contributed by atoms with E-state index in [9.17, 15) is 4.79 Å². The summed E-state index contributed by atoms with van der Waals surface area (Å²) < 4.78 is 20.4. The van der Waals surface area contributed by atoms with E-state index < -0.39 is 11.7 Å². The minimum atomic E-state index is -0.569. The summed E-state index contributed by atoms with van der Waals surface area (Å²) in [4.78, 5) is 30.2. The normalized spacial score (nSPS) is 13.1.